The molecule has 3 aromatic rings. The molecule has 7 heteroatoms. The number of hydrogen-bond donors (Lipinski definition) is 2. The third-order valence-electron chi connectivity index (χ3n) is 4.82. The van der Waals surface area contributed by atoms with Crippen LogP contribution in [0.1, 0.15) is 16.1 Å². The minimum Gasteiger partial charge on any atom is -0.382 e. The molecule has 2 aromatic heterocycles. The van der Waals surface area contributed by atoms with Crippen molar-refractivity contribution < 1.29 is 4.79 Å². The van der Waals surface area contributed by atoms with Crippen molar-refractivity contribution in [1.82, 2.24) is 25.2 Å². The summed E-state index contributed by atoms with van der Waals surface area (Å²) in [6, 6.07) is 11.3. The van der Waals surface area contributed by atoms with Gasteiger partial charge >= 0.3 is 0 Å². The number of aryl methyl sites for hydroxylation is 1. The summed E-state index contributed by atoms with van der Waals surface area (Å²) in [6.07, 6.45) is 3.39. The van der Waals surface area contributed by atoms with Gasteiger partial charge in [-0.15, -0.1) is 0 Å². The van der Waals surface area contributed by atoms with E-state index in [1.54, 1.807) is 12.4 Å². The van der Waals surface area contributed by atoms with E-state index in [1.807, 2.05) is 48.2 Å². The number of amides is 1. The Balaban J connectivity index is 1.60. The van der Waals surface area contributed by atoms with Crippen molar-refractivity contribution in [1.29, 1.82) is 0 Å². The predicted octanol–water partition coefficient (Wildman–Crippen LogP) is 2.14. The second-order valence-electron chi connectivity index (χ2n) is 6.80. The summed E-state index contributed by atoms with van der Waals surface area (Å²) >= 11 is 0. The number of piperazine rings is 1. The molecule has 7 nitrogen and oxygen atoms in total. The Bertz CT molecular complexity index is 979. The first-order valence-corrected chi connectivity index (χ1v) is 9.28. The van der Waals surface area contributed by atoms with Crippen LogP contribution in [0.5, 0.6) is 0 Å². The minimum absolute atomic E-state index is 0.0582. The Kier molecular flexibility index (Phi) is 4.99. The maximum Gasteiger partial charge on any atom is 0.253 e. The lowest BCUT2D eigenvalue weighted by atomic mass is 10.1. The van der Waals surface area contributed by atoms with Gasteiger partial charge in [0.2, 0.25) is 0 Å². The van der Waals surface area contributed by atoms with E-state index in [0.29, 0.717) is 22.8 Å². The number of carbonyl (C=O) groups excluding carboxylic acids is 1. The lowest BCUT2D eigenvalue weighted by Gasteiger charge is -2.27. The molecule has 4 rings (SSSR count). The summed E-state index contributed by atoms with van der Waals surface area (Å²) in [7, 11) is 0. The standard InChI is InChI=1S/C21H22N6O/c1-14-2-3-17(12-24-14)19-20(22)25-13-18(26-19)15-4-6-16(7-5-15)21(28)27-10-8-23-9-11-27/h2-7,12-13,23H,8-11H2,1H3,(H2,22,25). The van der Waals surface area contributed by atoms with Crippen molar-refractivity contribution in [2.45, 2.75) is 6.92 Å². The van der Waals surface area contributed by atoms with Gasteiger partial charge in [-0.2, -0.15) is 0 Å². The Morgan fingerprint density at radius 3 is 2.39 bits per heavy atom. The van der Waals surface area contributed by atoms with Gasteiger partial charge in [0.05, 0.1) is 11.9 Å². The van der Waals surface area contributed by atoms with Crippen molar-refractivity contribution in [3.8, 4) is 22.5 Å². The molecule has 0 saturated carbocycles. The van der Waals surface area contributed by atoms with Gasteiger partial charge in [-0.25, -0.2) is 9.97 Å². The Hall–Kier alpha value is -3.32. The van der Waals surface area contributed by atoms with Crippen molar-refractivity contribution >= 4 is 11.7 Å². The summed E-state index contributed by atoms with van der Waals surface area (Å²) in [5, 5.41) is 3.25. The topological polar surface area (TPSA) is 97.0 Å². The van der Waals surface area contributed by atoms with Gasteiger partial charge in [0.1, 0.15) is 11.5 Å². The summed E-state index contributed by atoms with van der Waals surface area (Å²) in [5.74, 6) is 0.419. The SMILES string of the molecule is Cc1ccc(-c2nc(-c3ccc(C(=O)N4CCNCC4)cc3)cnc2N)cn1. The average Bonchev–Trinajstić information content (AvgIpc) is 2.75. The zero-order chi connectivity index (χ0) is 19.5. The largest absolute Gasteiger partial charge is 0.382 e. The first-order valence-electron chi connectivity index (χ1n) is 9.28. The van der Waals surface area contributed by atoms with E-state index in [2.05, 4.69) is 20.3 Å². The lowest BCUT2D eigenvalue weighted by Crippen LogP contribution is -2.46. The fourth-order valence-corrected chi connectivity index (χ4v) is 3.19. The number of rotatable bonds is 3. The van der Waals surface area contributed by atoms with E-state index >= 15 is 0 Å². The molecule has 28 heavy (non-hydrogen) atoms. The second-order valence-corrected chi connectivity index (χ2v) is 6.80. The maximum absolute atomic E-state index is 12.6. The highest BCUT2D eigenvalue weighted by Crippen LogP contribution is 2.26. The summed E-state index contributed by atoms with van der Waals surface area (Å²) in [5.41, 5.74) is 10.6. The molecule has 0 unspecified atom stereocenters. The van der Waals surface area contributed by atoms with Crippen LogP contribution in [0, 0.1) is 6.92 Å². The van der Waals surface area contributed by atoms with Crippen LogP contribution in [-0.2, 0) is 0 Å². The minimum atomic E-state index is 0.0582. The number of nitrogens with one attached hydrogen (secondary N) is 1. The zero-order valence-corrected chi connectivity index (χ0v) is 15.7. The third kappa shape index (κ3) is 3.70. The number of benzene rings is 1. The van der Waals surface area contributed by atoms with E-state index in [1.165, 1.54) is 0 Å². The molecule has 1 amide bonds. The molecular weight excluding hydrogens is 352 g/mol. The van der Waals surface area contributed by atoms with Gasteiger partial charge in [0, 0.05) is 54.8 Å². The van der Waals surface area contributed by atoms with Gasteiger partial charge in [-0.1, -0.05) is 12.1 Å². The predicted molar refractivity (Wildman–Crippen MR) is 109 cm³/mol. The van der Waals surface area contributed by atoms with E-state index < -0.39 is 0 Å². The fraction of sp³-hybridized carbons (Fsp3) is 0.238. The van der Waals surface area contributed by atoms with Gasteiger partial charge in [0.15, 0.2) is 0 Å². The van der Waals surface area contributed by atoms with Crippen molar-refractivity contribution in [2.75, 3.05) is 31.9 Å². The van der Waals surface area contributed by atoms with Crippen LogP contribution in [-0.4, -0.2) is 51.9 Å². The molecular formula is C21H22N6O. The molecule has 1 saturated heterocycles. The van der Waals surface area contributed by atoms with E-state index in [0.717, 1.165) is 43.0 Å². The van der Waals surface area contributed by atoms with Crippen LogP contribution in [0.15, 0.2) is 48.8 Å². The monoisotopic (exact) mass is 374 g/mol. The van der Waals surface area contributed by atoms with Crippen molar-refractivity contribution in [2.24, 2.45) is 0 Å². The normalized spacial score (nSPS) is 14.1. The first kappa shape index (κ1) is 18.1. The Morgan fingerprint density at radius 2 is 1.71 bits per heavy atom. The molecule has 0 atom stereocenters. The van der Waals surface area contributed by atoms with Crippen LogP contribution >= 0.6 is 0 Å². The highest BCUT2D eigenvalue weighted by Gasteiger charge is 2.18. The number of carbonyl (C=O) groups is 1. The number of pyridine rings is 1. The average molecular weight is 374 g/mol. The number of hydrogen-bond acceptors (Lipinski definition) is 6. The van der Waals surface area contributed by atoms with Crippen molar-refractivity contribution in [3.05, 3.63) is 60.0 Å². The van der Waals surface area contributed by atoms with Crippen LogP contribution in [0.3, 0.4) is 0 Å². The molecule has 142 valence electrons. The number of nitrogens with two attached hydrogens (primary N) is 1. The second kappa shape index (κ2) is 7.74. The van der Waals surface area contributed by atoms with Crippen LogP contribution < -0.4 is 11.1 Å². The van der Waals surface area contributed by atoms with Gasteiger partial charge < -0.3 is 16.0 Å². The summed E-state index contributed by atoms with van der Waals surface area (Å²) < 4.78 is 0. The first-order chi connectivity index (χ1) is 13.6. The maximum atomic E-state index is 12.6. The highest BCUT2D eigenvalue weighted by molar-refractivity contribution is 5.94. The molecule has 1 aliphatic heterocycles. The van der Waals surface area contributed by atoms with Crippen LogP contribution in [0.4, 0.5) is 5.82 Å². The highest BCUT2D eigenvalue weighted by atomic mass is 16.2. The number of nitrogens with zero attached hydrogens (tertiary/aromatic N) is 4. The van der Waals surface area contributed by atoms with E-state index in [-0.39, 0.29) is 5.91 Å². The number of anilines is 1. The third-order valence-corrected chi connectivity index (χ3v) is 4.82. The molecule has 1 fully saturated rings. The van der Waals surface area contributed by atoms with E-state index in [9.17, 15) is 4.79 Å². The van der Waals surface area contributed by atoms with E-state index in [4.69, 9.17) is 5.73 Å². The Labute approximate surface area is 163 Å². The van der Waals surface area contributed by atoms with Gasteiger partial charge in [-0.3, -0.25) is 9.78 Å². The zero-order valence-electron chi connectivity index (χ0n) is 15.7. The quantitative estimate of drug-likeness (QED) is 0.729. The van der Waals surface area contributed by atoms with Gasteiger partial charge in [-0.05, 0) is 31.2 Å². The lowest BCUT2D eigenvalue weighted by molar-refractivity contribution is 0.0736. The van der Waals surface area contributed by atoms with Crippen LogP contribution in [0.25, 0.3) is 22.5 Å². The van der Waals surface area contributed by atoms with Crippen molar-refractivity contribution in [3.63, 3.8) is 0 Å². The fourth-order valence-electron chi connectivity index (χ4n) is 3.19. The Morgan fingerprint density at radius 1 is 1.00 bits per heavy atom. The number of nitrogen functional groups attached to an aromatic ring is 1. The smallest absolute Gasteiger partial charge is 0.253 e. The molecule has 0 aliphatic carbocycles. The molecule has 0 spiro atoms. The summed E-state index contributed by atoms with van der Waals surface area (Å²) in [4.78, 5) is 27.7. The molecule has 3 N–H and O–H groups in total. The molecule has 3 heterocycles. The summed E-state index contributed by atoms with van der Waals surface area (Å²) in [6.45, 7) is 5.07. The van der Waals surface area contributed by atoms with Crippen LogP contribution in [0.2, 0.25) is 0 Å². The molecule has 0 radical (unpaired) electrons. The molecule has 1 aliphatic rings. The number of aromatic nitrogens is 3. The molecule has 0 bridgehead atoms. The molecule has 1 aromatic carbocycles. The van der Waals surface area contributed by atoms with Gasteiger partial charge in [0.25, 0.3) is 5.91 Å².